The second-order valence-electron chi connectivity index (χ2n) is 6.37. The van der Waals surface area contributed by atoms with Gasteiger partial charge in [-0.15, -0.1) is 0 Å². The first-order chi connectivity index (χ1) is 14.3. The number of phenolic OH excluding ortho intramolecular Hbond substituents is 1. The summed E-state index contributed by atoms with van der Waals surface area (Å²) in [5.41, 5.74) is 4.93. The lowest BCUT2D eigenvalue weighted by atomic mass is 10.1. The molecule has 0 atom stereocenters. The van der Waals surface area contributed by atoms with Crippen molar-refractivity contribution in [2.45, 2.75) is 6.92 Å². The summed E-state index contributed by atoms with van der Waals surface area (Å²) in [7, 11) is 0. The van der Waals surface area contributed by atoms with Gasteiger partial charge in [0.05, 0.1) is 10.7 Å². The quantitative estimate of drug-likeness (QED) is 0.345. The van der Waals surface area contributed by atoms with E-state index in [1.54, 1.807) is 42.5 Å². The lowest BCUT2D eigenvalue weighted by Crippen LogP contribution is -2.18. The minimum Gasteiger partial charge on any atom is -0.506 e. The predicted molar refractivity (Wildman–Crippen MR) is 121 cm³/mol. The fourth-order valence-corrected chi connectivity index (χ4v) is 3.51. The lowest BCUT2D eigenvalue weighted by molar-refractivity contribution is 0.0953. The molecule has 0 saturated carbocycles. The van der Waals surface area contributed by atoms with Gasteiger partial charge in [0.2, 0.25) is 0 Å². The fourth-order valence-electron chi connectivity index (χ4n) is 2.67. The average molecular weight is 487 g/mol. The van der Waals surface area contributed by atoms with E-state index < -0.39 is 5.91 Å². The molecule has 2 amide bonds. The molecule has 0 saturated heterocycles. The molecule has 3 N–H and O–H groups in total. The number of carbonyl (C=O) groups excluding carboxylic acids is 2. The molecule has 0 radical (unpaired) electrons. The molecule has 0 aliphatic carbocycles. The number of benzene rings is 3. The number of nitrogens with one attached hydrogen (secondary N) is 2. The number of nitrogens with zero attached hydrogens (tertiary/aromatic N) is 1. The number of phenols is 1. The summed E-state index contributed by atoms with van der Waals surface area (Å²) in [4.78, 5) is 24.8. The number of aromatic hydroxyl groups is 1. The third-order valence-electron chi connectivity index (χ3n) is 4.20. The van der Waals surface area contributed by atoms with Crippen molar-refractivity contribution >= 4 is 51.2 Å². The predicted octanol–water partition coefficient (Wildman–Crippen LogP) is 5.13. The van der Waals surface area contributed by atoms with Crippen LogP contribution in [0.5, 0.6) is 5.75 Å². The molecule has 3 aromatic carbocycles. The van der Waals surface area contributed by atoms with Gasteiger partial charge in [-0.25, -0.2) is 5.43 Å². The summed E-state index contributed by atoms with van der Waals surface area (Å²) >= 11 is 9.13. The highest BCUT2D eigenvalue weighted by Gasteiger charge is 2.11. The van der Waals surface area contributed by atoms with Crippen LogP contribution in [0.15, 0.2) is 70.2 Å². The molecule has 3 aromatic rings. The SMILES string of the molecule is Cc1ccccc1C(=O)Nc1cccc(C(=O)NN=Cc2cc(Cl)cc(Br)c2O)c1. The zero-order valence-corrected chi connectivity index (χ0v) is 18.2. The van der Waals surface area contributed by atoms with Gasteiger partial charge in [-0.2, -0.15) is 5.10 Å². The van der Waals surface area contributed by atoms with Crippen LogP contribution in [0.2, 0.25) is 5.02 Å². The van der Waals surface area contributed by atoms with Gasteiger partial charge in [0.1, 0.15) is 5.75 Å². The second kappa shape index (κ2) is 9.56. The first kappa shape index (κ1) is 21.5. The number of carbonyl (C=O) groups is 2. The summed E-state index contributed by atoms with van der Waals surface area (Å²) < 4.78 is 0.417. The molecule has 0 spiro atoms. The second-order valence-corrected chi connectivity index (χ2v) is 7.67. The van der Waals surface area contributed by atoms with Crippen LogP contribution >= 0.6 is 27.5 Å². The number of aryl methyl sites for hydroxylation is 1. The van der Waals surface area contributed by atoms with E-state index in [9.17, 15) is 14.7 Å². The maximum atomic E-state index is 12.5. The van der Waals surface area contributed by atoms with Crippen LogP contribution in [0.3, 0.4) is 0 Å². The minimum absolute atomic E-state index is 0.0432. The summed E-state index contributed by atoms with van der Waals surface area (Å²) in [5.74, 6) is -0.775. The first-order valence-corrected chi connectivity index (χ1v) is 10.0. The normalized spacial score (nSPS) is 10.8. The van der Waals surface area contributed by atoms with Crippen LogP contribution in [-0.4, -0.2) is 23.1 Å². The largest absolute Gasteiger partial charge is 0.506 e. The van der Waals surface area contributed by atoms with Crippen LogP contribution in [-0.2, 0) is 0 Å². The topological polar surface area (TPSA) is 90.8 Å². The van der Waals surface area contributed by atoms with Gasteiger partial charge in [0.15, 0.2) is 0 Å². The lowest BCUT2D eigenvalue weighted by Gasteiger charge is -2.09. The number of amides is 2. The highest BCUT2D eigenvalue weighted by molar-refractivity contribution is 9.10. The molecule has 0 fully saturated rings. The molecule has 152 valence electrons. The average Bonchev–Trinajstić information content (AvgIpc) is 2.71. The molecular weight excluding hydrogens is 470 g/mol. The Morgan fingerprint density at radius 1 is 1.07 bits per heavy atom. The van der Waals surface area contributed by atoms with E-state index >= 15 is 0 Å². The number of halogens is 2. The third-order valence-corrected chi connectivity index (χ3v) is 5.02. The van der Waals surface area contributed by atoms with Crippen LogP contribution in [0.1, 0.15) is 31.8 Å². The van der Waals surface area contributed by atoms with Gasteiger partial charge in [-0.3, -0.25) is 9.59 Å². The van der Waals surface area contributed by atoms with E-state index in [1.165, 1.54) is 12.3 Å². The van der Waals surface area contributed by atoms with Gasteiger partial charge in [-0.1, -0.05) is 35.9 Å². The highest BCUT2D eigenvalue weighted by Crippen LogP contribution is 2.30. The number of hydrogen-bond donors (Lipinski definition) is 3. The maximum absolute atomic E-state index is 12.5. The smallest absolute Gasteiger partial charge is 0.271 e. The van der Waals surface area contributed by atoms with E-state index in [2.05, 4.69) is 31.8 Å². The van der Waals surface area contributed by atoms with Crippen molar-refractivity contribution in [3.05, 3.63) is 92.4 Å². The summed E-state index contributed by atoms with van der Waals surface area (Å²) in [5, 5.41) is 17.0. The zero-order valence-electron chi connectivity index (χ0n) is 15.8. The molecule has 30 heavy (non-hydrogen) atoms. The highest BCUT2D eigenvalue weighted by atomic mass is 79.9. The summed E-state index contributed by atoms with van der Waals surface area (Å²) in [6.07, 6.45) is 1.29. The molecule has 0 heterocycles. The molecule has 0 aliphatic rings. The van der Waals surface area contributed by atoms with Crippen LogP contribution < -0.4 is 10.7 Å². The molecule has 0 unspecified atom stereocenters. The van der Waals surface area contributed by atoms with Crippen molar-refractivity contribution in [1.82, 2.24) is 5.43 Å². The Morgan fingerprint density at radius 2 is 1.83 bits per heavy atom. The third kappa shape index (κ3) is 5.25. The number of hydrazone groups is 1. The van der Waals surface area contributed by atoms with Gasteiger partial charge in [-0.05, 0) is 64.8 Å². The van der Waals surface area contributed by atoms with Crippen LogP contribution in [0.25, 0.3) is 0 Å². The van der Waals surface area contributed by atoms with Crippen molar-refractivity contribution in [2.24, 2.45) is 5.10 Å². The van der Waals surface area contributed by atoms with Crippen molar-refractivity contribution < 1.29 is 14.7 Å². The summed E-state index contributed by atoms with van der Waals surface area (Å²) in [6, 6.07) is 16.8. The monoisotopic (exact) mass is 485 g/mol. The Balaban J connectivity index is 1.69. The number of hydrogen-bond acceptors (Lipinski definition) is 4. The molecule has 0 aliphatic heterocycles. The van der Waals surface area contributed by atoms with Crippen molar-refractivity contribution in [3.8, 4) is 5.75 Å². The Kier molecular flexibility index (Phi) is 6.87. The minimum atomic E-state index is -0.473. The number of rotatable bonds is 5. The fraction of sp³-hybridized carbons (Fsp3) is 0.0455. The van der Waals surface area contributed by atoms with E-state index in [4.69, 9.17) is 11.6 Å². The van der Waals surface area contributed by atoms with E-state index in [0.29, 0.717) is 31.9 Å². The summed E-state index contributed by atoms with van der Waals surface area (Å²) in [6.45, 7) is 1.85. The van der Waals surface area contributed by atoms with Gasteiger partial charge in [0, 0.05) is 27.4 Å². The standard InChI is InChI=1S/C22H17BrClN3O3/c1-13-5-2-3-8-18(13)22(30)26-17-7-4-6-14(10-17)21(29)27-25-12-15-9-16(24)11-19(23)20(15)28/h2-12,28H,1H3,(H,26,30)(H,27,29). The maximum Gasteiger partial charge on any atom is 0.271 e. The van der Waals surface area contributed by atoms with Crippen molar-refractivity contribution in [2.75, 3.05) is 5.32 Å². The molecule has 0 bridgehead atoms. The Hall–Kier alpha value is -3.16. The van der Waals surface area contributed by atoms with Crippen molar-refractivity contribution in [3.63, 3.8) is 0 Å². The van der Waals surface area contributed by atoms with Gasteiger partial charge in [0.25, 0.3) is 11.8 Å². The van der Waals surface area contributed by atoms with E-state index in [1.807, 2.05) is 19.1 Å². The van der Waals surface area contributed by atoms with Gasteiger partial charge < -0.3 is 10.4 Å². The van der Waals surface area contributed by atoms with Crippen LogP contribution in [0.4, 0.5) is 5.69 Å². The molecule has 0 aromatic heterocycles. The molecule has 3 rings (SSSR count). The Morgan fingerprint density at radius 3 is 2.60 bits per heavy atom. The molecule has 6 nitrogen and oxygen atoms in total. The Bertz CT molecular complexity index is 1150. The van der Waals surface area contributed by atoms with Crippen molar-refractivity contribution in [1.29, 1.82) is 0 Å². The number of anilines is 1. The van der Waals surface area contributed by atoms with E-state index in [0.717, 1.165) is 5.56 Å². The zero-order chi connectivity index (χ0) is 21.7. The van der Waals surface area contributed by atoms with E-state index in [-0.39, 0.29) is 11.7 Å². The molecular formula is C22H17BrClN3O3. The van der Waals surface area contributed by atoms with Gasteiger partial charge >= 0.3 is 0 Å². The molecule has 8 heteroatoms. The van der Waals surface area contributed by atoms with Crippen LogP contribution in [0, 0.1) is 6.92 Å². The first-order valence-electron chi connectivity index (χ1n) is 8.83. The Labute approximate surface area is 186 Å².